The van der Waals surface area contributed by atoms with Crippen LogP contribution in [-0.2, 0) is 19.1 Å². The van der Waals surface area contributed by atoms with Gasteiger partial charge in [-0.25, -0.2) is 0 Å². The van der Waals surface area contributed by atoms with Crippen molar-refractivity contribution in [3.8, 4) is 0 Å². The first-order chi connectivity index (χ1) is 23.0. The molecule has 2 N–H and O–H groups in total. The van der Waals surface area contributed by atoms with Crippen LogP contribution in [0.4, 0.5) is 0 Å². The zero-order chi connectivity index (χ0) is 34.5. The molecule has 0 bridgehead atoms. The third-order valence-electron chi connectivity index (χ3n) is 8.55. The van der Waals surface area contributed by atoms with Gasteiger partial charge in [0.25, 0.3) is 0 Å². The maximum absolute atomic E-state index is 12.7. The number of hydrogen-bond donors (Lipinski definition) is 2. The number of carboxylic acid groups (broad SMARTS) is 1. The Balaban J connectivity index is 4.28. The van der Waals surface area contributed by atoms with Crippen LogP contribution >= 0.6 is 0 Å². The summed E-state index contributed by atoms with van der Waals surface area (Å²) in [6.07, 6.45) is 44.2. The number of aliphatic carboxylic acids is 1. The van der Waals surface area contributed by atoms with Crippen molar-refractivity contribution in [3.05, 3.63) is 36.5 Å². The maximum atomic E-state index is 12.7. The van der Waals surface area contributed by atoms with Gasteiger partial charge in [-0.3, -0.25) is 14.4 Å². The topological polar surface area (TPSA) is 92.7 Å². The van der Waals surface area contributed by atoms with Crippen LogP contribution in [0.15, 0.2) is 36.5 Å². The van der Waals surface area contributed by atoms with Crippen LogP contribution in [0.25, 0.3) is 0 Å². The molecule has 0 saturated heterocycles. The monoisotopic (exact) mass is 660 g/mol. The van der Waals surface area contributed by atoms with Crippen molar-refractivity contribution in [3.63, 3.8) is 0 Å². The number of hydrogen-bond acceptors (Lipinski definition) is 4. The quantitative estimate of drug-likeness (QED) is 0.0401. The summed E-state index contributed by atoms with van der Waals surface area (Å²) < 4.78 is 5.90. The molecule has 1 atom stereocenters. The molecule has 6 heteroatoms. The number of ether oxygens (including phenoxy) is 1. The van der Waals surface area contributed by atoms with E-state index in [0.717, 1.165) is 70.6 Å². The second-order valence-electron chi connectivity index (χ2n) is 13.2. The lowest BCUT2D eigenvalue weighted by atomic mass is 10.0. The molecule has 0 aliphatic carbocycles. The molecule has 1 unspecified atom stereocenters. The number of carboxylic acids is 1. The van der Waals surface area contributed by atoms with E-state index in [1.807, 2.05) is 0 Å². The Bertz CT molecular complexity index is 819. The summed E-state index contributed by atoms with van der Waals surface area (Å²) in [6, 6.07) is 0. The summed E-state index contributed by atoms with van der Waals surface area (Å²) in [6.45, 7) is 4.18. The number of carbonyl (C=O) groups excluding carboxylic acids is 2. The van der Waals surface area contributed by atoms with Crippen LogP contribution < -0.4 is 5.32 Å². The Labute approximate surface area is 289 Å². The van der Waals surface area contributed by atoms with Gasteiger partial charge in [-0.05, 0) is 57.4 Å². The number of nitrogens with one attached hydrogen (secondary N) is 1. The minimum Gasteiger partial charge on any atom is -0.480 e. The Morgan fingerprint density at radius 3 is 1.62 bits per heavy atom. The van der Waals surface area contributed by atoms with E-state index in [2.05, 4.69) is 55.6 Å². The van der Waals surface area contributed by atoms with Gasteiger partial charge in [0, 0.05) is 12.8 Å². The molecule has 0 aromatic rings. The van der Waals surface area contributed by atoms with Crippen LogP contribution in [-0.4, -0.2) is 35.6 Å². The number of allylic oxidation sites excluding steroid dienone is 5. The molecule has 272 valence electrons. The highest BCUT2D eigenvalue weighted by Gasteiger charge is 2.11. The first-order valence-electron chi connectivity index (χ1n) is 19.6. The summed E-state index contributed by atoms with van der Waals surface area (Å²) in [4.78, 5) is 34.9. The van der Waals surface area contributed by atoms with Gasteiger partial charge in [0.15, 0.2) is 0 Å². The van der Waals surface area contributed by atoms with Gasteiger partial charge in [0.2, 0.25) is 5.91 Å². The SMILES string of the molecule is CCCCC/C=C\C/C=C\C/C=C\C(CCCCCCCC(=O)NCC(=O)O)OC(=O)CCCCCCCCCCCCCCCC. The van der Waals surface area contributed by atoms with Gasteiger partial charge >= 0.3 is 11.9 Å². The van der Waals surface area contributed by atoms with E-state index in [4.69, 9.17) is 9.84 Å². The molecule has 0 saturated carbocycles. The molecule has 0 aliphatic heterocycles. The molecule has 0 aromatic carbocycles. The van der Waals surface area contributed by atoms with Crippen LogP contribution in [0.3, 0.4) is 0 Å². The second-order valence-corrected chi connectivity index (χ2v) is 13.2. The summed E-state index contributed by atoms with van der Waals surface area (Å²) in [7, 11) is 0. The third-order valence-corrected chi connectivity index (χ3v) is 8.55. The number of rotatable bonds is 35. The Kier molecular flexibility index (Phi) is 34.6. The predicted octanol–water partition coefficient (Wildman–Crippen LogP) is 11.7. The van der Waals surface area contributed by atoms with Crippen molar-refractivity contribution in [2.24, 2.45) is 0 Å². The van der Waals surface area contributed by atoms with E-state index in [9.17, 15) is 14.4 Å². The van der Waals surface area contributed by atoms with Crippen LogP contribution in [0.5, 0.6) is 0 Å². The third kappa shape index (κ3) is 36.3. The Morgan fingerprint density at radius 1 is 0.574 bits per heavy atom. The molecule has 0 aliphatic rings. The average Bonchev–Trinajstić information content (AvgIpc) is 3.05. The summed E-state index contributed by atoms with van der Waals surface area (Å²) in [5.41, 5.74) is 0. The van der Waals surface area contributed by atoms with Crippen LogP contribution in [0.1, 0.15) is 194 Å². The predicted molar refractivity (Wildman–Crippen MR) is 199 cm³/mol. The van der Waals surface area contributed by atoms with E-state index in [1.165, 1.54) is 96.3 Å². The van der Waals surface area contributed by atoms with Gasteiger partial charge in [-0.1, -0.05) is 160 Å². The molecule has 1 amide bonds. The molecule has 47 heavy (non-hydrogen) atoms. The molecular weight excluding hydrogens is 586 g/mol. The van der Waals surface area contributed by atoms with E-state index in [-0.39, 0.29) is 24.5 Å². The van der Waals surface area contributed by atoms with Crippen molar-refractivity contribution in [1.82, 2.24) is 5.32 Å². The largest absolute Gasteiger partial charge is 0.480 e. The highest BCUT2D eigenvalue weighted by Crippen LogP contribution is 2.16. The maximum Gasteiger partial charge on any atom is 0.322 e. The van der Waals surface area contributed by atoms with Crippen molar-refractivity contribution < 1.29 is 24.2 Å². The minimum absolute atomic E-state index is 0.0882. The number of unbranched alkanes of at least 4 members (excludes halogenated alkanes) is 20. The fraction of sp³-hybridized carbons (Fsp3) is 0.780. The lowest BCUT2D eigenvalue weighted by Gasteiger charge is -2.14. The summed E-state index contributed by atoms with van der Waals surface area (Å²) in [5.74, 6) is -1.32. The van der Waals surface area contributed by atoms with Gasteiger partial charge < -0.3 is 15.2 Å². The van der Waals surface area contributed by atoms with E-state index >= 15 is 0 Å². The first-order valence-corrected chi connectivity index (χ1v) is 19.6. The first kappa shape index (κ1) is 44.6. The molecule has 0 radical (unpaired) electrons. The molecule has 0 fully saturated rings. The number of carbonyl (C=O) groups is 3. The van der Waals surface area contributed by atoms with Crippen molar-refractivity contribution in [1.29, 1.82) is 0 Å². The summed E-state index contributed by atoms with van der Waals surface area (Å²) >= 11 is 0. The molecule has 6 nitrogen and oxygen atoms in total. The number of amides is 1. The van der Waals surface area contributed by atoms with Gasteiger partial charge in [0.1, 0.15) is 12.6 Å². The normalized spacial score (nSPS) is 12.4. The Morgan fingerprint density at radius 2 is 1.04 bits per heavy atom. The molecule has 0 spiro atoms. The van der Waals surface area contributed by atoms with Gasteiger partial charge in [0.05, 0.1) is 0 Å². The molecule has 0 rings (SSSR count). The average molecular weight is 660 g/mol. The van der Waals surface area contributed by atoms with Crippen molar-refractivity contribution >= 4 is 17.8 Å². The standard InChI is InChI=1S/C41H73NO5/c1-3-5-7-9-11-13-15-16-17-19-21-23-28-32-36-41(46)47-38(33-29-25-22-20-18-14-12-10-8-6-4-2)34-30-26-24-27-31-35-39(43)42-37-40(44)45/h12,14,20,22,29,33,38H,3-11,13,15-19,21,23-28,30-32,34-37H2,1-2H3,(H,42,43)(H,44,45)/b14-12-,22-20-,33-29-. The van der Waals surface area contributed by atoms with E-state index < -0.39 is 5.97 Å². The zero-order valence-electron chi connectivity index (χ0n) is 30.6. The van der Waals surface area contributed by atoms with Crippen molar-refractivity contribution in [2.45, 2.75) is 200 Å². The zero-order valence-corrected chi connectivity index (χ0v) is 30.6. The minimum atomic E-state index is -1.02. The molecular formula is C41H73NO5. The fourth-order valence-corrected chi connectivity index (χ4v) is 5.62. The Hall–Kier alpha value is -2.37. The fourth-order valence-electron chi connectivity index (χ4n) is 5.62. The highest BCUT2D eigenvalue weighted by atomic mass is 16.5. The van der Waals surface area contributed by atoms with E-state index in [0.29, 0.717) is 12.8 Å². The highest BCUT2D eigenvalue weighted by molar-refractivity contribution is 5.80. The van der Waals surface area contributed by atoms with Crippen LogP contribution in [0, 0.1) is 0 Å². The van der Waals surface area contributed by atoms with E-state index in [1.54, 1.807) is 0 Å². The summed E-state index contributed by atoms with van der Waals surface area (Å²) in [5, 5.41) is 11.1. The number of esters is 1. The van der Waals surface area contributed by atoms with Gasteiger partial charge in [-0.15, -0.1) is 0 Å². The molecule has 0 heterocycles. The smallest absolute Gasteiger partial charge is 0.322 e. The molecule has 0 aromatic heterocycles. The lowest BCUT2D eigenvalue weighted by Crippen LogP contribution is -2.28. The lowest BCUT2D eigenvalue weighted by molar-refractivity contribution is -0.147. The van der Waals surface area contributed by atoms with Crippen LogP contribution in [0.2, 0.25) is 0 Å². The van der Waals surface area contributed by atoms with Crippen molar-refractivity contribution in [2.75, 3.05) is 6.54 Å². The second kappa shape index (κ2) is 36.5. The van der Waals surface area contributed by atoms with Gasteiger partial charge in [-0.2, -0.15) is 0 Å².